The van der Waals surface area contributed by atoms with Gasteiger partial charge in [-0.3, -0.25) is 4.99 Å². The molecule has 0 radical (unpaired) electrons. The third kappa shape index (κ3) is 3.45. The van der Waals surface area contributed by atoms with Gasteiger partial charge in [-0.2, -0.15) is 0 Å². The van der Waals surface area contributed by atoms with Crippen LogP contribution in [-0.4, -0.2) is 17.5 Å². The summed E-state index contributed by atoms with van der Waals surface area (Å²) in [5.74, 6) is 0.928. The maximum absolute atomic E-state index is 13.5. The summed E-state index contributed by atoms with van der Waals surface area (Å²) in [5, 5.41) is 4.32. The lowest BCUT2D eigenvalue weighted by Crippen LogP contribution is -2.35. The largest absolute Gasteiger partial charge is 0.335 e. The zero-order chi connectivity index (χ0) is 14.9. The number of aryl methyl sites for hydroxylation is 1. The highest BCUT2D eigenvalue weighted by Crippen LogP contribution is 2.42. The van der Waals surface area contributed by atoms with Gasteiger partial charge in [-0.05, 0) is 58.8 Å². The van der Waals surface area contributed by atoms with Crippen molar-refractivity contribution in [3.05, 3.63) is 28.0 Å². The Morgan fingerprint density at radius 3 is 2.71 bits per heavy atom. The zero-order valence-corrected chi connectivity index (χ0v) is 14.6. The molecule has 0 unspecified atom stereocenters. The van der Waals surface area contributed by atoms with Crippen LogP contribution in [0.1, 0.15) is 37.7 Å². The fourth-order valence-corrected chi connectivity index (χ4v) is 4.63. The van der Waals surface area contributed by atoms with E-state index in [2.05, 4.69) is 21.2 Å². The first kappa shape index (κ1) is 15.3. The average molecular weight is 371 g/mol. The van der Waals surface area contributed by atoms with Gasteiger partial charge < -0.3 is 5.32 Å². The first-order valence-corrected chi connectivity index (χ1v) is 9.26. The van der Waals surface area contributed by atoms with Crippen LogP contribution in [0.25, 0.3) is 0 Å². The molecule has 0 bridgehead atoms. The number of halogens is 2. The highest BCUT2D eigenvalue weighted by atomic mass is 79.9. The van der Waals surface area contributed by atoms with Gasteiger partial charge >= 0.3 is 0 Å². The monoisotopic (exact) mass is 370 g/mol. The van der Waals surface area contributed by atoms with Crippen LogP contribution in [0.5, 0.6) is 0 Å². The number of thioether (sulfide) groups is 1. The molecule has 21 heavy (non-hydrogen) atoms. The Morgan fingerprint density at radius 1 is 1.29 bits per heavy atom. The van der Waals surface area contributed by atoms with Gasteiger partial charge in [0.1, 0.15) is 5.82 Å². The van der Waals surface area contributed by atoms with Crippen molar-refractivity contribution >= 4 is 38.5 Å². The number of anilines is 1. The predicted octanol–water partition coefficient (Wildman–Crippen LogP) is 5.36. The van der Waals surface area contributed by atoms with E-state index in [0.717, 1.165) is 28.7 Å². The summed E-state index contributed by atoms with van der Waals surface area (Å²) >= 11 is 5.05. The molecule has 3 rings (SSSR count). The summed E-state index contributed by atoms with van der Waals surface area (Å²) < 4.78 is 14.0. The molecule has 0 saturated heterocycles. The first-order chi connectivity index (χ1) is 10.1. The van der Waals surface area contributed by atoms with Crippen LogP contribution in [0.15, 0.2) is 21.6 Å². The van der Waals surface area contributed by atoms with Crippen molar-refractivity contribution < 1.29 is 4.39 Å². The summed E-state index contributed by atoms with van der Waals surface area (Å²) in [7, 11) is 0. The van der Waals surface area contributed by atoms with E-state index in [-0.39, 0.29) is 5.82 Å². The normalized spacial score (nSPS) is 21.2. The van der Waals surface area contributed by atoms with Gasteiger partial charge in [0, 0.05) is 18.0 Å². The van der Waals surface area contributed by atoms with Gasteiger partial charge in [-0.25, -0.2) is 4.39 Å². The van der Waals surface area contributed by atoms with Gasteiger partial charge in [-0.15, -0.1) is 0 Å². The Kier molecular flexibility index (Phi) is 4.60. The van der Waals surface area contributed by atoms with Crippen molar-refractivity contribution in [3.8, 4) is 0 Å². The number of nitrogens with zero attached hydrogens (tertiary/aromatic N) is 1. The lowest BCUT2D eigenvalue weighted by molar-refractivity contribution is 0.232. The van der Waals surface area contributed by atoms with Crippen LogP contribution in [0, 0.1) is 18.2 Å². The summed E-state index contributed by atoms with van der Waals surface area (Å²) in [4.78, 5) is 4.75. The molecule has 1 aromatic carbocycles. The molecular weight excluding hydrogens is 351 g/mol. The Labute approximate surface area is 138 Å². The Hall–Kier alpha value is -0.550. The summed E-state index contributed by atoms with van der Waals surface area (Å²) in [5.41, 5.74) is 2.26. The van der Waals surface area contributed by atoms with Gasteiger partial charge in [0.2, 0.25) is 0 Å². The van der Waals surface area contributed by atoms with E-state index in [4.69, 9.17) is 4.99 Å². The molecule has 0 atom stereocenters. The van der Waals surface area contributed by atoms with E-state index >= 15 is 0 Å². The number of hydrogen-bond donors (Lipinski definition) is 1. The van der Waals surface area contributed by atoms with Crippen LogP contribution >= 0.6 is 27.7 Å². The Bertz CT molecular complexity index is 568. The van der Waals surface area contributed by atoms with Crippen molar-refractivity contribution in [2.24, 2.45) is 10.4 Å². The highest BCUT2D eigenvalue weighted by molar-refractivity contribution is 9.10. The quantitative estimate of drug-likeness (QED) is 0.719. The molecule has 1 heterocycles. The molecule has 114 valence electrons. The third-order valence-electron chi connectivity index (χ3n) is 4.50. The van der Waals surface area contributed by atoms with Crippen LogP contribution in [0.3, 0.4) is 0 Å². The summed E-state index contributed by atoms with van der Waals surface area (Å²) in [6.07, 6.45) is 6.71. The number of benzene rings is 1. The molecule has 1 aliphatic heterocycles. The molecule has 0 aromatic heterocycles. The van der Waals surface area contributed by atoms with Gasteiger partial charge in [0.25, 0.3) is 0 Å². The lowest BCUT2D eigenvalue weighted by Gasteiger charge is -2.38. The fourth-order valence-electron chi connectivity index (χ4n) is 3.13. The molecule has 1 aliphatic carbocycles. The minimum atomic E-state index is -0.225. The molecule has 1 saturated carbocycles. The van der Waals surface area contributed by atoms with E-state index in [1.54, 1.807) is 12.1 Å². The van der Waals surface area contributed by atoms with Gasteiger partial charge in [0.15, 0.2) is 5.17 Å². The maximum atomic E-state index is 13.5. The van der Waals surface area contributed by atoms with E-state index in [1.807, 2.05) is 18.7 Å². The number of amidine groups is 1. The molecule has 5 heteroatoms. The molecular formula is C16H20BrFN2S. The van der Waals surface area contributed by atoms with Crippen molar-refractivity contribution in [1.82, 2.24) is 0 Å². The van der Waals surface area contributed by atoms with Crippen molar-refractivity contribution in [2.45, 2.75) is 39.0 Å². The van der Waals surface area contributed by atoms with Crippen LogP contribution in [-0.2, 0) is 0 Å². The van der Waals surface area contributed by atoms with Gasteiger partial charge in [0.05, 0.1) is 4.47 Å². The number of nitrogens with one attached hydrogen (secondary N) is 1. The van der Waals surface area contributed by atoms with E-state index in [0.29, 0.717) is 9.89 Å². The second kappa shape index (κ2) is 6.29. The second-order valence-corrected chi connectivity index (χ2v) is 8.00. The molecule has 1 spiro atoms. The predicted molar refractivity (Wildman–Crippen MR) is 92.7 cm³/mol. The van der Waals surface area contributed by atoms with Crippen LogP contribution < -0.4 is 5.32 Å². The summed E-state index contributed by atoms with van der Waals surface area (Å²) in [6.45, 7) is 2.85. The number of hydrogen-bond acceptors (Lipinski definition) is 3. The van der Waals surface area contributed by atoms with Crippen molar-refractivity contribution in [1.29, 1.82) is 0 Å². The summed E-state index contributed by atoms with van der Waals surface area (Å²) in [6, 6.07) is 3.34. The molecule has 2 nitrogen and oxygen atoms in total. The minimum absolute atomic E-state index is 0.225. The maximum Gasteiger partial charge on any atom is 0.161 e. The smallest absolute Gasteiger partial charge is 0.161 e. The van der Waals surface area contributed by atoms with E-state index in [1.165, 1.54) is 32.1 Å². The minimum Gasteiger partial charge on any atom is -0.335 e. The fraction of sp³-hybridized carbons (Fsp3) is 0.562. The zero-order valence-electron chi connectivity index (χ0n) is 12.2. The van der Waals surface area contributed by atoms with Crippen LogP contribution in [0.2, 0.25) is 0 Å². The number of aliphatic imine (C=N–C) groups is 1. The topological polar surface area (TPSA) is 24.4 Å². The molecule has 1 fully saturated rings. The second-order valence-electron chi connectivity index (χ2n) is 6.18. The molecule has 1 N–H and O–H groups in total. The molecule has 0 amide bonds. The van der Waals surface area contributed by atoms with Crippen molar-refractivity contribution in [3.63, 3.8) is 0 Å². The Morgan fingerprint density at radius 2 is 2.05 bits per heavy atom. The first-order valence-electron chi connectivity index (χ1n) is 7.48. The van der Waals surface area contributed by atoms with E-state index in [9.17, 15) is 4.39 Å². The average Bonchev–Trinajstić information content (AvgIpc) is 2.48. The highest BCUT2D eigenvalue weighted by Gasteiger charge is 2.34. The Balaban J connectivity index is 1.71. The van der Waals surface area contributed by atoms with E-state index < -0.39 is 0 Å². The lowest BCUT2D eigenvalue weighted by atomic mass is 9.75. The molecule has 2 aliphatic rings. The van der Waals surface area contributed by atoms with Crippen molar-refractivity contribution in [2.75, 3.05) is 17.6 Å². The molecule has 1 aromatic rings. The number of rotatable bonds is 1. The SMILES string of the molecule is Cc1cc(F)c(Br)cc1NC1=NCC2(CCCCC2)CS1. The van der Waals surface area contributed by atoms with Crippen LogP contribution in [0.4, 0.5) is 10.1 Å². The van der Waals surface area contributed by atoms with Gasteiger partial charge in [-0.1, -0.05) is 31.0 Å². The third-order valence-corrected chi connectivity index (χ3v) is 6.37. The standard InChI is InChI=1S/C16H20BrFN2S/c1-11-7-13(18)12(17)8-14(11)20-15-19-9-16(10-21-15)5-3-2-4-6-16/h7-8H,2-6,9-10H2,1H3,(H,19,20).